The highest BCUT2D eigenvalue weighted by atomic mass is 19.1. The summed E-state index contributed by atoms with van der Waals surface area (Å²) in [6.07, 6.45) is 2.57. The largest absolute Gasteiger partial charge is 0.316 e. The highest BCUT2D eigenvalue weighted by molar-refractivity contribution is 5.31. The summed E-state index contributed by atoms with van der Waals surface area (Å²) in [6.45, 7) is 2.30. The molecule has 2 atom stereocenters. The van der Waals surface area contributed by atoms with Crippen LogP contribution >= 0.6 is 0 Å². The molecule has 1 spiro atoms. The zero-order valence-corrected chi connectivity index (χ0v) is 8.09. The van der Waals surface area contributed by atoms with Crippen LogP contribution in [0.4, 0.5) is 4.39 Å². The Morgan fingerprint density at radius 3 is 2.71 bits per heavy atom. The van der Waals surface area contributed by atoms with E-state index in [0.717, 1.165) is 13.1 Å². The van der Waals surface area contributed by atoms with Gasteiger partial charge < -0.3 is 5.32 Å². The average molecular weight is 191 g/mol. The number of hydrogen-bond acceptors (Lipinski definition) is 1. The monoisotopic (exact) mass is 191 g/mol. The molecule has 0 aromatic heterocycles. The van der Waals surface area contributed by atoms with E-state index < -0.39 is 0 Å². The molecule has 1 aromatic carbocycles. The minimum atomic E-state index is -0.131. The molecule has 1 heterocycles. The maximum absolute atomic E-state index is 12.7. The summed E-state index contributed by atoms with van der Waals surface area (Å²) in [6, 6.07) is 7.02. The van der Waals surface area contributed by atoms with E-state index in [1.807, 2.05) is 12.1 Å². The van der Waals surface area contributed by atoms with Crippen molar-refractivity contribution in [3.63, 3.8) is 0 Å². The fraction of sp³-hybridized carbons (Fsp3) is 0.500. The van der Waals surface area contributed by atoms with E-state index >= 15 is 0 Å². The van der Waals surface area contributed by atoms with Gasteiger partial charge in [0.1, 0.15) is 5.82 Å². The van der Waals surface area contributed by atoms with Crippen LogP contribution in [0.15, 0.2) is 24.3 Å². The maximum Gasteiger partial charge on any atom is 0.123 e. The van der Waals surface area contributed by atoms with E-state index in [1.165, 1.54) is 18.4 Å². The Morgan fingerprint density at radius 1 is 1.29 bits per heavy atom. The van der Waals surface area contributed by atoms with Crippen molar-refractivity contribution in [1.82, 2.24) is 5.32 Å². The minimum Gasteiger partial charge on any atom is -0.316 e. The van der Waals surface area contributed by atoms with Gasteiger partial charge in [-0.15, -0.1) is 0 Å². The second kappa shape index (κ2) is 2.80. The molecule has 0 amide bonds. The van der Waals surface area contributed by atoms with Crippen LogP contribution in [-0.4, -0.2) is 13.1 Å². The number of benzene rings is 1. The van der Waals surface area contributed by atoms with E-state index in [4.69, 9.17) is 0 Å². The summed E-state index contributed by atoms with van der Waals surface area (Å²) in [4.78, 5) is 0. The molecule has 1 N–H and O–H groups in total. The Bertz CT molecular complexity index is 338. The molecule has 1 saturated carbocycles. The summed E-state index contributed by atoms with van der Waals surface area (Å²) >= 11 is 0. The third-order valence-corrected chi connectivity index (χ3v) is 3.74. The molecule has 1 aromatic rings. The van der Waals surface area contributed by atoms with Crippen molar-refractivity contribution in [3.8, 4) is 0 Å². The SMILES string of the molecule is Fc1ccc(C2C[C@]23CCNC3)cc1. The molecule has 14 heavy (non-hydrogen) atoms. The van der Waals surface area contributed by atoms with Crippen molar-refractivity contribution < 1.29 is 4.39 Å². The number of halogens is 1. The molecular formula is C12H14FN. The highest BCUT2D eigenvalue weighted by Crippen LogP contribution is 2.62. The predicted octanol–water partition coefficient (Wildman–Crippen LogP) is 2.29. The minimum absolute atomic E-state index is 0.131. The van der Waals surface area contributed by atoms with Crippen molar-refractivity contribution in [1.29, 1.82) is 0 Å². The third kappa shape index (κ3) is 1.17. The van der Waals surface area contributed by atoms with Crippen LogP contribution in [0.2, 0.25) is 0 Å². The van der Waals surface area contributed by atoms with Gasteiger partial charge in [-0.1, -0.05) is 12.1 Å². The Kier molecular flexibility index (Phi) is 1.68. The van der Waals surface area contributed by atoms with Gasteiger partial charge in [0.15, 0.2) is 0 Å². The van der Waals surface area contributed by atoms with Crippen LogP contribution in [-0.2, 0) is 0 Å². The van der Waals surface area contributed by atoms with E-state index in [-0.39, 0.29) is 5.82 Å². The average Bonchev–Trinajstić information content (AvgIpc) is 2.68. The van der Waals surface area contributed by atoms with Crippen LogP contribution in [0.25, 0.3) is 0 Å². The zero-order chi connectivity index (χ0) is 9.60. The second-order valence-electron chi connectivity index (χ2n) is 4.60. The molecule has 2 aliphatic rings. The molecule has 1 unspecified atom stereocenters. The van der Waals surface area contributed by atoms with Crippen LogP contribution in [0.3, 0.4) is 0 Å². The fourth-order valence-electron chi connectivity index (χ4n) is 2.75. The molecule has 74 valence electrons. The zero-order valence-electron chi connectivity index (χ0n) is 8.09. The van der Waals surface area contributed by atoms with E-state index in [9.17, 15) is 4.39 Å². The van der Waals surface area contributed by atoms with Crippen molar-refractivity contribution in [2.24, 2.45) is 5.41 Å². The van der Waals surface area contributed by atoms with Gasteiger partial charge in [-0.05, 0) is 48.4 Å². The number of hydrogen-bond donors (Lipinski definition) is 1. The molecule has 1 nitrogen and oxygen atoms in total. The number of rotatable bonds is 1. The first kappa shape index (κ1) is 8.42. The van der Waals surface area contributed by atoms with Crippen molar-refractivity contribution in [2.75, 3.05) is 13.1 Å². The number of nitrogens with one attached hydrogen (secondary N) is 1. The molecular weight excluding hydrogens is 177 g/mol. The van der Waals surface area contributed by atoms with Gasteiger partial charge in [0, 0.05) is 6.54 Å². The lowest BCUT2D eigenvalue weighted by atomic mass is 9.98. The van der Waals surface area contributed by atoms with Gasteiger partial charge in [-0.2, -0.15) is 0 Å². The fourth-order valence-corrected chi connectivity index (χ4v) is 2.75. The van der Waals surface area contributed by atoms with Crippen LogP contribution < -0.4 is 5.32 Å². The van der Waals surface area contributed by atoms with Gasteiger partial charge in [0.25, 0.3) is 0 Å². The quantitative estimate of drug-likeness (QED) is 0.718. The summed E-state index contributed by atoms with van der Waals surface area (Å²) in [7, 11) is 0. The molecule has 1 aliphatic heterocycles. The predicted molar refractivity (Wildman–Crippen MR) is 53.7 cm³/mol. The van der Waals surface area contributed by atoms with Crippen molar-refractivity contribution in [3.05, 3.63) is 35.6 Å². The maximum atomic E-state index is 12.7. The first-order valence-electron chi connectivity index (χ1n) is 5.26. The molecule has 0 bridgehead atoms. The first-order valence-corrected chi connectivity index (χ1v) is 5.26. The molecule has 1 saturated heterocycles. The van der Waals surface area contributed by atoms with Gasteiger partial charge in [0.2, 0.25) is 0 Å². The standard InChI is InChI=1S/C12H14FN/c13-10-3-1-9(2-4-10)11-7-12(11)5-6-14-8-12/h1-4,11,14H,5-8H2/t11?,12-/m0/s1. The normalized spacial score (nSPS) is 35.1. The molecule has 1 aliphatic carbocycles. The lowest BCUT2D eigenvalue weighted by Crippen LogP contribution is -2.10. The molecule has 2 fully saturated rings. The third-order valence-electron chi connectivity index (χ3n) is 3.74. The van der Waals surface area contributed by atoms with Gasteiger partial charge in [-0.3, -0.25) is 0 Å². The Balaban J connectivity index is 1.82. The summed E-state index contributed by atoms with van der Waals surface area (Å²) in [5, 5.41) is 3.41. The second-order valence-corrected chi connectivity index (χ2v) is 4.60. The summed E-state index contributed by atoms with van der Waals surface area (Å²) in [5.74, 6) is 0.547. The van der Waals surface area contributed by atoms with E-state index in [2.05, 4.69) is 5.32 Å². The van der Waals surface area contributed by atoms with Crippen molar-refractivity contribution >= 4 is 0 Å². The van der Waals surface area contributed by atoms with Gasteiger partial charge in [0.05, 0.1) is 0 Å². The van der Waals surface area contributed by atoms with Crippen LogP contribution in [0.5, 0.6) is 0 Å². The Labute approximate surface area is 83.3 Å². The lowest BCUT2D eigenvalue weighted by Gasteiger charge is -2.06. The van der Waals surface area contributed by atoms with Crippen molar-refractivity contribution in [2.45, 2.75) is 18.8 Å². The topological polar surface area (TPSA) is 12.0 Å². The van der Waals surface area contributed by atoms with Crippen LogP contribution in [0, 0.1) is 11.2 Å². The van der Waals surface area contributed by atoms with E-state index in [1.54, 1.807) is 12.1 Å². The summed E-state index contributed by atoms with van der Waals surface area (Å²) in [5.41, 5.74) is 1.84. The highest BCUT2D eigenvalue weighted by Gasteiger charge is 2.55. The Hall–Kier alpha value is -0.890. The smallest absolute Gasteiger partial charge is 0.123 e. The lowest BCUT2D eigenvalue weighted by molar-refractivity contribution is 0.548. The summed E-state index contributed by atoms with van der Waals surface area (Å²) < 4.78 is 12.7. The van der Waals surface area contributed by atoms with Gasteiger partial charge >= 0.3 is 0 Å². The van der Waals surface area contributed by atoms with Gasteiger partial charge in [-0.25, -0.2) is 4.39 Å². The first-order chi connectivity index (χ1) is 6.80. The molecule has 3 rings (SSSR count). The van der Waals surface area contributed by atoms with Crippen LogP contribution in [0.1, 0.15) is 24.3 Å². The Morgan fingerprint density at radius 2 is 2.07 bits per heavy atom. The molecule has 2 heteroatoms. The van der Waals surface area contributed by atoms with E-state index in [0.29, 0.717) is 11.3 Å². The molecule has 0 radical (unpaired) electrons.